The smallest absolute Gasteiger partial charge is 0.250 e. The summed E-state index contributed by atoms with van der Waals surface area (Å²) in [5.74, 6) is 0.268. The third-order valence-electron chi connectivity index (χ3n) is 4.22. The largest absolute Gasteiger partial charge is 0.332 e. The molecule has 2 nitrogen and oxygen atoms in total. The van der Waals surface area contributed by atoms with Gasteiger partial charge in [-0.2, -0.15) is 0 Å². The van der Waals surface area contributed by atoms with Gasteiger partial charge in [-0.25, -0.2) is 0 Å². The van der Waals surface area contributed by atoms with Crippen molar-refractivity contribution in [1.29, 1.82) is 0 Å². The van der Waals surface area contributed by atoms with Crippen molar-refractivity contribution < 1.29 is 4.79 Å². The summed E-state index contributed by atoms with van der Waals surface area (Å²) in [5, 5.41) is 0. The summed E-state index contributed by atoms with van der Waals surface area (Å²) in [4.78, 5) is 15.1. The molecule has 0 radical (unpaired) electrons. The first-order valence-corrected chi connectivity index (χ1v) is 8.80. The first kappa shape index (κ1) is 16.8. The van der Waals surface area contributed by atoms with Crippen molar-refractivity contribution in [2.24, 2.45) is 0 Å². The molecule has 0 spiro atoms. The second-order valence-corrected chi connectivity index (χ2v) is 6.24. The van der Waals surface area contributed by atoms with E-state index in [2.05, 4.69) is 49.1 Å². The van der Waals surface area contributed by atoms with Crippen molar-refractivity contribution in [3.8, 4) is 0 Å². The summed E-state index contributed by atoms with van der Waals surface area (Å²) in [6.45, 7) is 5.07. The number of hydrogen-bond donors (Lipinski definition) is 0. The van der Waals surface area contributed by atoms with Crippen LogP contribution in [0, 0.1) is 0 Å². The van der Waals surface area contributed by atoms with Crippen LogP contribution in [0.2, 0.25) is 0 Å². The Morgan fingerprint density at radius 1 is 1.18 bits per heavy atom. The minimum Gasteiger partial charge on any atom is -0.332 e. The first-order chi connectivity index (χ1) is 10.8. The number of benzene rings is 1. The SMILES string of the molecule is CCC=C(CCCCC)C(=O)N(Cc1ccccc1)C1CC1. The fourth-order valence-electron chi connectivity index (χ4n) is 2.83. The molecule has 120 valence electrons. The van der Waals surface area contributed by atoms with Gasteiger partial charge < -0.3 is 4.90 Å². The normalized spacial score (nSPS) is 14.9. The number of amides is 1. The Labute approximate surface area is 135 Å². The van der Waals surface area contributed by atoms with Crippen molar-refractivity contribution in [2.75, 3.05) is 0 Å². The fourth-order valence-corrected chi connectivity index (χ4v) is 2.83. The third-order valence-corrected chi connectivity index (χ3v) is 4.22. The van der Waals surface area contributed by atoms with Gasteiger partial charge in [0.25, 0.3) is 0 Å². The summed E-state index contributed by atoms with van der Waals surface area (Å²) in [6.07, 6.45) is 9.85. The van der Waals surface area contributed by atoms with E-state index < -0.39 is 0 Å². The van der Waals surface area contributed by atoms with Crippen molar-refractivity contribution in [3.63, 3.8) is 0 Å². The van der Waals surface area contributed by atoms with Gasteiger partial charge in [0.2, 0.25) is 5.91 Å². The Balaban J connectivity index is 2.05. The van der Waals surface area contributed by atoms with Crippen LogP contribution < -0.4 is 0 Å². The average molecular weight is 299 g/mol. The zero-order chi connectivity index (χ0) is 15.8. The quantitative estimate of drug-likeness (QED) is 0.459. The molecular weight excluding hydrogens is 270 g/mol. The highest BCUT2D eigenvalue weighted by Crippen LogP contribution is 2.30. The summed E-state index contributed by atoms with van der Waals surface area (Å²) in [7, 11) is 0. The monoisotopic (exact) mass is 299 g/mol. The van der Waals surface area contributed by atoms with Crippen LogP contribution in [0.1, 0.15) is 64.4 Å². The maximum absolute atomic E-state index is 13.0. The number of carbonyl (C=O) groups is 1. The van der Waals surface area contributed by atoms with Crippen molar-refractivity contribution >= 4 is 5.91 Å². The van der Waals surface area contributed by atoms with Gasteiger partial charge in [0.1, 0.15) is 0 Å². The van der Waals surface area contributed by atoms with Gasteiger partial charge in [0, 0.05) is 18.2 Å². The molecule has 1 aliphatic rings. The topological polar surface area (TPSA) is 20.3 Å². The molecule has 1 aromatic rings. The fraction of sp³-hybridized carbons (Fsp3) is 0.550. The molecule has 0 saturated heterocycles. The molecule has 1 saturated carbocycles. The molecule has 0 unspecified atom stereocenters. The highest BCUT2D eigenvalue weighted by molar-refractivity contribution is 5.93. The summed E-state index contributed by atoms with van der Waals surface area (Å²) >= 11 is 0. The maximum atomic E-state index is 13.0. The second kappa shape index (κ2) is 8.77. The molecule has 1 amide bonds. The van der Waals surface area contributed by atoms with E-state index in [9.17, 15) is 4.79 Å². The van der Waals surface area contributed by atoms with E-state index in [0.29, 0.717) is 6.04 Å². The molecule has 1 fully saturated rings. The van der Waals surface area contributed by atoms with Gasteiger partial charge in [-0.1, -0.05) is 63.1 Å². The van der Waals surface area contributed by atoms with E-state index in [0.717, 1.165) is 44.2 Å². The van der Waals surface area contributed by atoms with Crippen LogP contribution in [0.5, 0.6) is 0 Å². The number of nitrogens with zero attached hydrogens (tertiary/aromatic N) is 1. The number of unbranched alkanes of at least 4 members (excludes halogenated alkanes) is 2. The van der Waals surface area contributed by atoms with Crippen LogP contribution in [0.3, 0.4) is 0 Å². The van der Waals surface area contributed by atoms with Gasteiger partial charge in [-0.3, -0.25) is 4.79 Å². The van der Waals surface area contributed by atoms with Crippen LogP contribution in [0.25, 0.3) is 0 Å². The Kier molecular flexibility index (Phi) is 6.70. The Hall–Kier alpha value is -1.57. The average Bonchev–Trinajstić information content (AvgIpc) is 3.37. The van der Waals surface area contributed by atoms with Crippen LogP contribution in [-0.4, -0.2) is 16.8 Å². The lowest BCUT2D eigenvalue weighted by Gasteiger charge is -2.24. The lowest BCUT2D eigenvalue weighted by Crippen LogP contribution is -2.33. The van der Waals surface area contributed by atoms with Gasteiger partial charge in [-0.15, -0.1) is 0 Å². The molecule has 2 heteroatoms. The van der Waals surface area contributed by atoms with E-state index in [4.69, 9.17) is 0 Å². The first-order valence-electron chi connectivity index (χ1n) is 8.80. The zero-order valence-electron chi connectivity index (χ0n) is 14.1. The van der Waals surface area contributed by atoms with Crippen molar-refractivity contribution in [1.82, 2.24) is 4.90 Å². The Bertz CT molecular complexity index is 488. The van der Waals surface area contributed by atoms with Crippen LogP contribution in [-0.2, 0) is 11.3 Å². The summed E-state index contributed by atoms with van der Waals surface area (Å²) in [6, 6.07) is 10.8. The number of allylic oxidation sites excluding steroid dienone is 1. The lowest BCUT2D eigenvalue weighted by atomic mass is 10.0. The molecule has 0 aliphatic heterocycles. The van der Waals surface area contributed by atoms with Crippen LogP contribution in [0.15, 0.2) is 42.0 Å². The molecule has 0 bridgehead atoms. The molecule has 22 heavy (non-hydrogen) atoms. The van der Waals surface area contributed by atoms with Gasteiger partial charge in [0.05, 0.1) is 0 Å². The number of hydrogen-bond acceptors (Lipinski definition) is 1. The van der Waals surface area contributed by atoms with Crippen molar-refractivity contribution in [2.45, 2.75) is 71.4 Å². The van der Waals surface area contributed by atoms with E-state index in [-0.39, 0.29) is 5.91 Å². The van der Waals surface area contributed by atoms with Gasteiger partial charge >= 0.3 is 0 Å². The molecule has 0 atom stereocenters. The van der Waals surface area contributed by atoms with Crippen molar-refractivity contribution in [3.05, 3.63) is 47.5 Å². The summed E-state index contributed by atoms with van der Waals surface area (Å²) < 4.78 is 0. The minimum atomic E-state index is 0.268. The second-order valence-electron chi connectivity index (χ2n) is 6.24. The third kappa shape index (κ3) is 5.01. The molecule has 0 heterocycles. The number of rotatable bonds is 9. The minimum absolute atomic E-state index is 0.268. The van der Waals surface area contributed by atoms with E-state index in [1.807, 2.05) is 6.07 Å². The molecule has 1 aromatic carbocycles. The van der Waals surface area contributed by atoms with Crippen LogP contribution >= 0.6 is 0 Å². The summed E-state index contributed by atoms with van der Waals surface area (Å²) in [5.41, 5.74) is 2.26. The highest BCUT2D eigenvalue weighted by Gasteiger charge is 2.33. The van der Waals surface area contributed by atoms with E-state index in [1.54, 1.807) is 0 Å². The Morgan fingerprint density at radius 2 is 1.91 bits per heavy atom. The molecule has 0 aromatic heterocycles. The van der Waals surface area contributed by atoms with Crippen LogP contribution in [0.4, 0.5) is 0 Å². The molecule has 1 aliphatic carbocycles. The van der Waals surface area contributed by atoms with E-state index >= 15 is 0 Å². The van der Waals surface area contributed by atoms with E-state index in [1.165, 1.54) is 18.4 Å². The van der Waals surface area contributed by atoms with Gasteiger partial charge in [0.15, 0.2) is 0 Å². The maximum Gasteiger partial charge on any atom is 0.250 e. The highest BCUT2D eigenvalue weighted by atomic mass is 16.2. The number of carbonyl (C=O) groups excluding carboxylic acids is 1. The molecule has 0 N–H and O–H groups in total. The predicted octanol–water partition coefficient (Wildman–Crippen LogP) is 5.09. The zero-order valence-corrected chi connectivity index (χ0v) is 14.1. The van der Waals surface area contributed by atoms with Gasteiger partial charge in [-0.05, 0) is 37.7 Å². The predicted molar refractivity (Wildman–Crippen MR) is 92.5 cm³/mol. The standard InChI is InChI=1S/C20H29NO/c1-3-5-7-13-18(10-4-2)20(22)21(19-14-15-19)16-17-11-8-6-9-12-17/h6,8-12,19H,3-5,7,13-16H2,1-2H3. The Morgan fingerprint density at radius 3 is 2.50 bits per heavy atom. The lowest BCUT2D eigenvalue weighted by molar-refractivity contribution is -0.128. The molecular formula is C20H29NO. The molecule has 2 rings (SSSR count).